The van der Waals surface area contributed by atoms with E-state index in [-0.39, 0.29) is 13.2 Å². The zero-order chi connectivity index (χ0) is 31.8. The number of carbonyl (C=O) groups is 3. The summed E-state index contributed by atoms with van der Waals surface area (Å²) in [5.74, 6) is -0.683. The Morgan fingerprint density at radius 3 is 2.40 bits per heavy atom. The van der Waals surface area contributed by atoms with Crippen molar-refractivity contribution in [2.75, 3.05) is 11.9 Å². The van der Waals surface area contributed by atoms with Crippen LogP contribution in [0.1, 0.15) is 23.6 Å². The molecule has 0 aliphatic rings. The summed E-state index contributed by atoms with van der Waals surface area (Å²) in [7, 11) is 0. The Morgan fingerprint density at radius 2 is 1.67 bits per heavy atom. The van der Waals surface area contributed by atoms with Gasteiger partial charge < -0.3 is 25.1 Å². The van der Waals surface area contributed by atoms with Crippen molar-refractivity contribution in [3.8, 4) is 11.4 Å². The number of benzene rings is 3. The van der Waals surface area contributed by atoms with Gasteiger partial charge in [0.25, 0.3) is 0 Å². The summed E-state index contributed by atoms with van der Waals surface area (Å²) in [5, 5.41) is 5.57. The maximum atomic E-state index is 12.9. The molecular formula is C33H32N6O6. The SMILES string of the molecule is CC(=O)OC(=O)[C@H](Cn1cc(C)c(NCCc2ccc(-c3nc4ccccc4[nH]3)cc2)nc1=O)NC(=O)OCc1ccccc1. The molecule has 3 N–H and O–H groups in total. The molecule has 0 fully saturated rings. The van der Waals surface area contributed by atoms with Gasteiger partial charge in [0.2, 0.25) is 0 Å². The number of rotatable bonds is 11. The molecule has 0 radical (unpaired) electrons. The lowest BCUT2D eigenvalue weighted by Gasteiger charge is -2.18. The lowest BCUT2D eigenvalue weighted by Crippen LogP contribution is -2.47. The molecule has 0 unspecified atom stereocenters. The summed E-state index contributed by atoms with van der Waals surface area (Å²) in [6.45, 7) is 2.99. The number of alkyl carbamates (subject to hydrolysis) is 1. The third-order valence-corrected chi connectivity index (χ3v) is 6.91. The van der Waals surface area contributed by atoms with Crippen LogP contribution in [0.4, 0.5) is 10.6 Å². The van der Waals surface area contributed by atoms with Crippen molar-refractivity contribution in [2.24, 2.45) is 0 Å². The molecular weight excluding hydrogens is 576 g/mol. The largest absolute Gasteiger partial charge is 0.445 e. The molecule has 0 saturated carbocycles. The van der Waals surface area contributed by atoms with Gasteiger partial charge in [0.1, 0.15) is 24.3 Å². The van der Waals surface area contributed by atoms with Crippen molar-refractivity contribution >= 4 is 34.9 Å². The van der Waals surface area contributed by atoms with E-state index in [9.17, 15) is 19.2 Å². The second-order valence-corrected chi connectivity index (χ2v) is 10.4. The van der Waals surface area contributed by atoms with Gasteiger partial charge in [-0.1, -0.05) is 66.7 Å². The van der Waals surface area contributed by atoms with Crippen LogP contribution in [-0.2, 0) is 38.6 Å². The number of imidazole rings is 1. The Morgan fingerprint density at radius 1 is 0.933 bits per heavy atom. The van der Waals surface area contributed by atoms with Crippen LogP contribution in [0.3, 0.4) is 0 Å². The molecule has 2 heterocycles. The van der Waals surface area contributed by atoms with Gasteiger partial charge in [0.05, 0.1) is 17.6 Å². The zero-order valence-electron chi connectivity index (χ0n) is 24.8. The third kappa shape index (κ3) is 8.20. The number of aromatic nitrogens is 4. The maximum absolute atomic E-state index is 12.9. The van der Waals surface area contributed by atoms with Crippen LogP contribution in [0.2, 0.25) is 0 Å². The van der Waals surface area contributed by atoms with Crippen LogP contribution in [0.25, 0.3) is 22.4 Å². The first-order valence-electron chi connectivity index (χ1n) is 14.3. The number of hydrogen-bond donors (Lipinski definition) is 3. The molecule has 2 aromatic heterocycles. The number of esters is 2. The second-order valence-electron chi connectivity index (χ2n) is 10.4. The highest BCUT2D eigenvalue weighted by Gasteiger charge is 2.26. The Kier molecular flexibility index (Phi) is 9.63. The average molecular weight is 609 g/mol. The van der Waals surface area contributed by atoms with Crippen LogP contribution in [0, 0.1) is 6.92 Å². The van der Waals surface area contributed by atoms with Crippen LogP contribution in [0.5, 0.6) is 0 Å². The number of aromatic amines is 1. The molecule has 0 bridgehead atoms. The fourth-order valence-corrected chi connectivity index (χ4v) is 4.65. The number of fused-ring (bicyclic) bond motifs is 1. The van der Waals surface area contributed by atoms with Gasteiger partial charge in [-0.3, -0.25) is 9.36 Å². The van der Waals surface area contributed by atoms with Crippen molar-refractivity contribution < 1.29 is 23.9 Å². The molecule has 12 nitrogen and oxygen atoms in total. The fourth-order valence-electron chi connectivity index (χ4n) is 4.65. The summed E-state index contributed by atoms with van der Waals surface area (Å²) >= 11 is 0. The van der Waals surface area contributed by atoms with E-state index >= 15 is 0 Å². The van der Waals surface area contributed by atoms with Gasteiger partial charge in [0, 0.05) is 30.8 Å². The predicted molar refractivity (Wildman–Crippen MR) is 167 cm³/mol. The molecule has 45 heavy (non-hydrogen) atoms. The number of amides is 1. The van der Waals surface area contributed by atoms with Crippen molar-refractivity contribution in [3.05, 3.63) is 112 Å². The van der Waals surface area contributed by atoms with Crippen LogP contribution >= 0.6 is 0 Å². The molecule has 0 spiro atoms. The van der Waals surface area contributed by atoms with E-state index in [1.165, 1.54) is 10.8 Å². The van der Waals surface area contributed by atoms with E-state index in [0.29, 0.717) is 24.3 Å². The maximum Gasteiger partial charge on any atom is 0.408 e. The molecule has 1 amide bonds. The predicted octanol–water partition coefficient (Wildman–Crippen LogP) is 4.13. The van der Waals surface area contributed by atoms with Crippen LogP contribution < -0.4 is 16.3 Å². The molecule has 0 aliphatic carbocycles. The summed E-state index contributed by atoms with van der Waals surface area (Å²) in [6.07, 6.45) is 1.29. The van der Waals surface area contributed by atoms with Crippen molar-refractivity contribution in [1.29, 1.82) is 0 Å². The number of nitrogens with zero attached hydrogens (tertiary/aromatic N) is 3. The lowest BCUT2D eigenvalue weighted by molar-refractivity contribution is -0.159. The molecule has 1 atom stereocenters. The monoisotopic (exact) mass is 608 g/mol. The van der Waals surface area contributed by atoms with Gasteiger partial charge in [-0.15, -0.1) is 0 Å². The van der Waals surface area contributed by atoms with Crippen LogP contribution in [0.15, 0.2) is 89.9 Å². The zero-order valence-corrected chi connectivity index (χ0v) is 24.8. The summed E-state index contributed by atoms with van der Waals surface area (Å²) in [5.41, 5.74) is 4.69. The highest BCUT2D eigenvalue weighted by molar-refractivity contribution is 5.89. The normalized spacial score (nSPS) is 11.5. The van der Waals surface area contributed by atoms with Gasteiger partial charge in [0.15, 0.2) is 0 Å². The number of aryl methyl sites for hydroxylation is 1. The minimum atomic E-state index is -1.38. The van der Waals surface area contributed by atoms with Gasteiger partial charge >= 0.3 is 23.7 Å². The smallest absolute Gasteiger partial charge is 0.408 e. The highest BCUT2D eigenvalue weighted by atomic mass is 16.6. The van der Waals surface area contributed by atoms with E-state index in [2.05, 4.69) is 30.3 Å². The Bertz CT molecular complexity index is 1830. The van der Waals surface area contributed by atoms with E-state index < -0.39 is 29.8 Å². The van der Waals surface area contributed by atoms with E-state index in [0.717, 1.165) is 40.5 Å². The number of H-pyrrole nitrogens is 1. The van der Waals surface area contributed by atoms with Gasteiger partial charge in [-0.2, -0.15) is 4.98 Å². The number of para-hydroxylation sites is 2. The van der Waals surface area contributed by atoms with Crippen molar-refractivity contribution in [2.45, 2.75) is 39.5 Å². The summed E-state index contributed by atoms with van der Waals surface area (Å²) in [6, 6.07) is 23.5. The molecule has 230 valence electrons. The number of ether oxygens (including phenoxy) is 2. The molecule has 3 aromatic carbocycles. The second kappa shape index (κ2) is 14.1. The topological polar surface area (TPSA) is 157 Å². The average Bonchev–Trinajstić information content (AvgIpc) is 3.47. The first-order chi connectivity index (χ1) is 21.7. The van der Waals surface area contributed by atoms with E-state index in [4.69, 9.17) is 4.74 Å². The Labute approximate surface area is 258 Å². The minimum Gasteiger partial charge on any atom is -0.445 e. The first kappa shape index (κ1) is 30.7. The molecule has 5 rings (SSSR count). The van der Waals surface area contributed by atoms with Gasteiger partial charge in [-0.25, -0.2) is 19.4 Å². The molecule has 0 aliphatic heterocycles. The highest BCUT2D eigenvalue weighted by Crippen LogP contribution is 2.21. The Balaban J connectivity index is 1.19. The molecule has 0 saturated heterocycles. The first-order valence-corrected chi connectivity index (χ1v) is 14.3. The van der Waals surface area contributed by atoms with E-state index in [1.807, 2.05) is 54.6 Å². The summed E-state index contributed by atoms with van der Waals surface area (Å²) < 4.78 is 11.0. The lowest BCUT2D eigenvalue weighted by atomic mass is 10.1. The minimum absolute atomic E-state index is 0.0342. The quantitative estimate of drug-likeness (QED) is 0.148. The van der Waals surface area contributed by atoms with Crippen molar-refractivity contribution in [1.82, 2.24) is 24.8 Å². The molecule has 12 heteroatoms. The standard InChI is InChI=1S/C33H32N6O6/c1-21-18-39(19-28(31(41)45-22(2)40)37-33(43)44-20-24-8-4-3-5-9-24)32(42)38-29(21)34-17-16-23-12-14-25(15-13-23)30-35-26-10-6-7-11-27(26)36-30/h3-15,18,28H,16-17,19-20H2,1-2H3,(H,35,36)(H,37,43)(H,34,38,42)/t28-/m0/s1. The third-order valence-electron chi connectivity index (χ3n) is 6.91. The number of carbonyl (C=O) groups excluding carboxylic acids is 3. The number of anilines is 1. The van der Waals surface area contributed by atoms with Gasteiger partial charge in [-0.05, 0) is 36.6 Å². The fraction of sp³-hybridized carbons (Fsp3) is 0.212. The summed E-state index contributed by atoms with van der Waals surface area (Å²) in [4.78, 5) is 61.4. The van der Waals surface area contributed by atoms with Crippen LogP contribution in [-0.4, -0.2) is 50.1 Å². The van der Waals surface area contributed by atoms with Crippen molar-refractivity contribution in [3.63, 3.8) is 0 Å². The number of nitrogens with one attached hydrogen (secondary N) is 3. The number of hydrogen-bond acceptors (Lipinski definition) is 9. The van der Waals surface area contributed by atoms with E-state index in [1.54, 1.807) is 31.2 Å². The Hall–Kier alpha value is -5.78. The molecule has 5 aromatic rings.